The predicted octanol–water partition coefficient (Wildman–Crippen LogP) is 11.3. The van der Waals surface area contributed by atoms with Gasteiger partial charge in [0.2, 0.25) is 0 Å². The molecule has 1 aliphatic rings. The van der Waals surface area contributed by atoms with E-state index < -0.39 is 0 Å². The Morgan fingerprint density at radius 1 is 0.467 bits per heavy atom. The van der Waals surface area contributed by atoms with Crippen molar-refractivity contribution in [2.75, 3.05) is 0 Å². The average Bonchev–Trinajstić information content (AvgIpc) is 3.68. The van der Waals surface area contributed by atoms with Gasteiger partial charge in [-0.15, -0.1) is 0 Å². The van der Waals surface area contributed by atoms with Gasteiger partial charge in [-0.2, -0.15) is 0 Å². The van der Waals surface area contributed by atoms with Crippen LogP contribution >= 0.6 is 0 Å². The molecule has 0 aliphatic heterocycles. The molecule has 45 heavy (non-hydrogen) atoms. The van der Waals surface area contributed by atoms with Crippen LogP contribution < -0.4 is 0 Å². The van der Waals surface area contributed by atoms with E-state index in [9.17, 15) is 0 Å². The molecule has 0 fully saturated rings. The van der Waals surface area contributed by atoms with Crippen LogP contribution in [0.3, 0.4) is 0 Å². The summed E-state index contributed by atoms with van der Waals surface area (Å²) in [5.41, 5.74) is 12.7. The molecule has 0 bridgehead atoms. The van der Waals surface area contributed by atoms with Crippen molar-refractivity contribution in [1.82, 2.24) is 9.13 Å². The molecule has 0 unspecified atom stereocenters. The molecule has 0 radical (unpaired) electrons. The fraction of sp³-hybridized carbons (Fsp3) is 0.0698. The zero-order valence-corrected chi connectivity index (χ0v) is 25.3. The summed E-state index contributed by atoms with van der Waals surface area (Å²) in [4.78, 5) is 0. The fourth-order valence-corrected chi connectivity index (χ4v) is 8.25. The molecular formula is C43H30N2. The van der Waals surface area contributed by atoms with Crippen molar-refractivity contribution in [2.24, 2.45) is 0 Å². The summed E-state index contributed by atoms with van der Waals surface area (Å²) in [6.07, 6.45) is 0. The van der Waals surface area contributed by atoms with E-state index in [1.165, 1.54) is 88.0 Å². The second-order valence-electron chi connectivity index (χ2n) is 13.0. The second-order valence-corrected chi connectivity index (χ2v) is 13.0. The summed E-state index contributed by atoms with van der Waals surface area (Å²) in [5, 5.41) is 7.70. The minimum Gasteiger partial charge on any atom is -0.309 e. The third-order valence-corrected chi connectivity index (χ3v) is 10.3. The van der Waals surface area contributed by atoms with Gasteiger partial charge in [-0.05, 0) is 76.0 Å². The highest BCUT2D eigenvalue weighted by Gasteiger charge is 2.38. The first-order valence-corrected chi connectivity index (χ1v) is 15.8. The van der Waals surface area contributed by atoms with Gasteiger partial charge < -0.3 is 9.13 Å². The van der Waals surface area contributed by atoms with E-state index in [4.69, 9.17) is 0 Å². The summed E-state index contributed by atoms with van der Waals surface area (Å²) in [6.45, 7) is 4.78. The van der Waals surface area contributed by atoms with Crippen molar-refractivity contribution in [3.05, 3.63) is 157 Å². The zero-order valence-electron chi connectivity index (χ0n) is 25.3. The molecule has 7 aromatic carbocycles. The van der Waals surface area contributed by atoms with E-state index in [-0.39, 0.29) is 5.41 Å². The van der Waals surface area contributed by atoms with Crippen LogP contribution in [0.1, 0.15) is 25.0 Å². The average molecular weight is 575 g/mol. The quantitative estimate of drug-likeness (QED) is 0.194. The van der Waals surface area contributed by atoms with Crippen molar-refractivity contribution in [3.8, 4) is 22.5 Å². The number of hydrogen-bond acceptors (Lipinski definition) is 0. The molecule has 10 rings (SSSR count). The molecule has 2 heterocycles. The first-order valence-electron chi connectivity index (χ1n) is 15.8. The van der Waals surface area contributed by atoms with Gasteiger partial charge in [0.25, 0.3) is 0 Å². The van der Waals surface area contributed by atoms with Gasteiger partial charge in [0.05, 0.1) is 27.8 Å². The van der Waals surface area contributed by atoms with Crippen molar-refractivity contribution in [1.29, 1.82) is 0 Å². The summed E-state index contributed by atoms with van der Waals surface area (Å²) in [7, 11) is 0. The van der Waals surface area contributed by atoms with Crippen LogP contribution in [0.5, 0.6) is 0 Å². The lowest BCUT2D eigenvalue weighted by Gasteiger charge is -2.22. The van der Waals surface area contributed by atoms with Crippen molar-refractivity contribution >= 4 is 54.4 Å². The van der Waals surface area contributed by atoms with Crippen molar-refractivity contribution < 1.29 is 0 Å². The lowest BCUT2D eigenvalue weighted by Crippen LogP contribution is -2.14. The van der Waals surface area contributed by atoms with Crippen LogP contribution in [0.15, 0.2) is 146 Å². The van der Waals surface area contributed by atoms with Crippen molar-refractivity contribution in [2.45, 2.75) is 19.3 Å². The molecule has 0 amide bonds. The fourth-order valence-electron chi connectivity index (χ4n) is 8.25. The van der Waals surface area contributed by atoms with E-state index >= 15 is 0 Å². The first kappa shape index (κ1) is 24.8. The molecule has 2 aromatic heterocycles. The van der Waals surface area contributed by atoms with Crippen molar-refractivity contribution in [3.63, 3.8) is 0 Å². The van der Waals surface area contributed by atoms with Crippen LogP contribution in [0.4, 0.5) is 0 Å². The Morgan fingerprint density at radius 3 is 1.91 bits per heavy atom. The monoisotopic (exact) mass is 574 g/mol. The molecule has 212 valence electrons. The van der Waals surface area contributed by atoms with Crippen LogP contribution in [-0.4, -0.2) is 9.13 Å². The molecule has 2 heteroatoms. The lowest BCUT2D eigenvalue weighted by atomic mass is 9.82. The predicted molar refractivity (Wildman–Crippen MR) is 190 cm³/mol. The molecule has 0 saturated heterocycles. The number of aromatic nitrogens is 2. The van der Waals surface area contributed by atoms with Gasteiger partial charge in [0.1, 0.15) is 0 Å². The summed E-state index contributed by atoms with van der Waals surface area (Å²) < 4.78 is 4.98. The van der Waals surface area contributed by atoms with E-state index in [1.807, 2.05) is 0 Å². The molecule has 0 saturated carbocycles. The standard InChI is InChI=1S/C43H30N2/c1-43(2)34-24-23-31-30-17-8-10-19-36(30)45(42(31)40(34)33-25-27-13-6-7-14-28(27)26-35(33)43)39-22-12-21-38-41(39)32-18-9-11-20-37(32)44(38)29-15-4-3-5-16-29/h3-26H,1-2H3. The molecule has 0 spiro atoms. The smallest absolute Gasteiger partial charge is 0.0622 e. The van der Waals surface area contributed by atoms with Gasteiger partial charge in [0.15, 0.2) is 0 Å². The number of fused-ring (bicyclic) bond motifs is 11. The lowest BCUT2D eigenvalue weighted by molar-refractivity contribution is 0.661. The number of rotatable bonds is 2. The largest absolute Gasteiger partial charge is 0.309 e. The number of benzene rings is 7. The summed E-state index contributed by atoms with van der Waals surface area (Å²) in [6, 6.07) is 53.7. The maximum Gasteiger partial charge on any atom is 0.0622 e. The van der Waals surface area contributed by atoms with E-state index in [0.29, 0.717) is 0 Å². The SMILES string of the molecule is CC1(C)c2cc3ccccc3cc2-c2c1ccc1c3ccccc3n(-c3cccc4c3c3ccccc3n4-c3ccccc3)c21. The summed E-state index contributed by atoms with van der Waals surface area (Å²) in [5.74, 6) is 0. The Labute approximate surface area is 261 Å². The Kier molecular flexibility index (Phi) is 4.82. The highest BCUT2D eigenvalue weighted by molar-refractivity contribution is 6.19. The van der Waals surface area contributed by atoms with Gasteiger partial charge in [-0.1, -0.05) is 111 Å². The molecule has 9 aromatic rings. The molecule has 1 aliphatic carbocycles. The highest BCUT2D eigenvalue weighted by Crippen LogP contribution is 2.54. The molecular weight excluding hydrogens is 544 g/mol. The maximum absolute atomic E-state index is 2.56. The highest BCUT2D eigenvalue weighted by atomic mass is 15.0. The van der Waals surface area contributed by atoms with E-state index in [1.54, 1.807) is 0 Å². The third kappa shape index (κ3) is 3.18. The van der Waals surface area contributed by atoms with Crippen LogP contribution in [0.2, 0.25) is 0 Å². The Morgan fingerprint density at radius 2 is 1.11 bits per heavy atom. The Hall–Kier alpha value is -5.60. The van der Waals surface area contributed by atoms with Gasteiger partial charge in [-0.25, -0.2) is 0 Å². The van der Waals surface area contributed by atoms with Gasteiger partial charge in [0, 0.05) is 38.2 Å². The first-order chi connectivity index (χ1) is 22.1. The Balaban J connectivity index is 1.41. The van der Waals surface area contributed by atoms with Crippen LogP contribution in [0, 0.1) is 0 Å². The zero-order chi connectivity index (χ0) is 29.9. The number of para-hydroxylation sites is 3. The van der Waals surface area contributed by atoms with Gasteiger partial charge >= 0.3 is 0 Å². The number of hydrogen-bond donors (Lipinski definition) is 0. The van der Waals surface area contributed by atoms with Crippen LogP contribution in [-0.2, 0) is 5.41 Å². The van der Waals surface area contributed by atoms with E-state index in [2.05, 4.69) is 169 Å². The second kappa shape index (κ2) is 8.74. The molecule has 2 nitrogen and oxygen atoms in total. The minimum atomic E-state index is -0.112. The molecule has 0 atom stereocenters. The molecule has 0 N–H and O–H groups in total. The van der Waals surface area contributed by atoms with Gasteiger partial charge in [-0.3, -0.25) is 0 Å². The third-order valence-electron chi connectivity index (χ3n) is 10.3. The minimum absolute atomic E-state index is 0.112. The topological polar surface area (TPSA) is 9.86 Å². The Bertz CT molecular complexity index is 2670. The van der Waals surface area contributed by atoms with E-state index in [0.717, 1.165) is 0 Å². The maximum atomic E-state index is 2.56. The summed E-state index contributed by atoms with van der Waals surface area (Å²) >= 11 is 0. The number of nitrogens with zero attached hydrogens (tertiary/aromatic N) is 2. The van der Waals surface area contributed by atoms with Crippen LogP contribution in [0.25, 0.3) is 76.9 Å². The normalized spacial score (nSPS) is 13.7.